The molecule has 0 spiro atoms. The number of rotatable bonds is 7. The summed E-state index contributed by atoms with van der Waals surface area (Å²) in [5.41, 5.74) is 2.07. The molecule has 0 unspecified atom stereocenters. The molecular formula is C24H22N6O2. The van der Waals surface area contributed by atoms with E-state index in [0.29, 0.717) is 40.3 Å². The standard InChI is InChI=1S/C24H22N6O2/c1-16-26-22(15-23(27-16)30-21-5-3-4-14-25-21)28-18-8-10-19(11-9-18)29-24(31)17-6-12-20(32-2)13-7-17/h3-15H,1-2H3,(H,29,31)(H2,25,26,27,28,30). The van der Waals surface area contributed by atoms with Gasteiger partial charge in [-0.25, -0.2) is 15.0 Å². The average molecular weight is 426 g/mol. The third-order valence-corrected chi connectivity index (χ3v) is 4.53. The Bertz CT molecular complexity index is 1200. The predicted octanol–water partition coefficient (Wildman–Crippen LogP) is 4.93. The number of amides is 1. The van der Waals surface area contributed by atoms with E-state index >= 15 is 0 Å². The molecule has 0 atom stereocenters. The Balaban J connectivity index is 1.41. The lowest BCUT2D eigenvalue weighted by Crippen LogP contribution is -2.11. The van der Waals surface area contributed by atoms with Crippen LogP contribution >= 0.6 is 0 Å². The number of anilines is 5. The van der Waals surface area contributed by atoms with E-state index in [2.05, 4.69) is 30.9 Å². The van der Waals surface area contributed by atoms with Crippen molar-refractivity contribution in [2.75, 3.05) is 23.1 Å². The van der Waals surface area contributed by atoms with Crippen LogP contribution < -0.4 is 20.7 Å². The molecule has 32 heavy (non-hydrogen) atoms. The molecule has 1 amide bonds. The van der Waals surface area contributed by atoms with Gasteiger partial charge in [0.05, 0.1) is 7.11 Å². The lowest BCUT2D eigenvalue weighted by atomic mass is 10.2. The first kappa shape index (κ1) is 20.8. The van der Waals surface area contributed by atoms with Crippen molar-refractivity contribution < 1.29 is 9.53 Å². The maximum Gasteiger partial charge on any atom is 0.255 e. The van der Waals surface area contributed by atoms with Crippen LogP contribution in [0, 0.1) is 6.92 Å². The number of methoxy groups -OCH3 is 1. The van der Waals surface area contributed by atoms with E-state index in [0.717, 1.165) is 5.69 Å². The first-order valence-corrected chi connectivity index (χ1v) is 9.95. The Morgan fingerprint density at radius 2 is 1.50 bits per heavy atom. The van der Waals surface area contributed by atoms with Crippen molar-refractivity contribution in [1.82, 2.24) is 15.0 Å². The van der Waals surface area contributed by atoms with E-state index in [-0.39, 0.29) is 5.91 Å². The predicted molar refractivity (Wildman–Crippen MR) is 125 cm³/mol. The lowest BCUT2D eigenvalue weighted by Gasteiger charge is -2.11. The number of nitrogens with one attached hydrogen (secondary N) is 3. The summed E-state index contributed by atoms with van der Waals surface area (Å²) in [5.74, 6) is 3.12. The molecule has 0 aliphatic carbocycles. The van der Waals surface area contributed by atoms with Crippen LogP contribution in [-0.4, -0.2) is 28.0 Å². The number of hydrogen-bond acceptors (Lipinski definition) is 7. The Kier molecular flexibility index (Phi) is 6.22. The molecule has 0 radical (unpaired) electrons. The van der Waals surface area contributed by atoms with E-state index in [4.69, 9.17) is 4.74 Å². The van der Waals surface area contributed by atoms with Gasteiger partial charge in [-0.3, -0.25) is 4.79 Å². The molecule has 4 aromatic rings. The minimum absolute atomic E-state index is 0.190. The van der Waals surface area contributed by atoms with Crippen molar-refractivity contribution in [3.05, 3.63) is 90.4 Å². The molecule has 3 N–H and O–H groups in total. The molecule has 0 saturated heterocycles. The van der Waals surface area contributed by atoms with E-state index in [1.807, 2.05) is 49.4 Å². The fourth-order valence-electron chi connectivity index (χ4n) is 2.99. The summed E-state index contributed by atoms with van der Waals surface area (Å²) in [6.07, 6.45) is 1.71. The first-order valence-electron chi connectivity index (χ1n) is 9.95. The smallest absolute Gasteiger partial charge is 0.255 e. The fraction of sp³-hybridized carbons (Fsp3) is 0.0833. The van der Waals surface area contributed by atoms with Gasteiger partial charge in [-0.15, -0.1) is 0 Å². The van der Waals surface area contributed by atoms with E-state index in [9.17, 15) is 4.79 Å². The molecule has 160 valence electrons. The topological polar surface area (TPSA) is 101 Å². The molecular weight excluding hydrogens is 404 g/mol. The largest absolute Gasteiger partial charge is 0.497 e. The Morgan fingerprint density at radius 3 is 2.16 bits per heavy atom. The quantitative estimate of drug-likeness (QED) is 0.385. The highest BCUT2D eigenvalue weighted by atomic mass is 16.5. The first-order chi connectivity index (χ1) is 15.6. The Labute approximate surface area is 185 Å². The maximum atomic E-state index is 12.4. The highest BCUT2D eigenvalue weighted by Crippen LogP contribution is 2.21. The number of aromatic nitrogens is 3. The zero-order valence-corrected chi connectivity index (χ0v) is 17.7. The van der Waals surface area contributed by atoms with Gasteiger partial charge < -0.3 is 20.7 Å². The fourth-order valence-corrected chi connectivity index (χ4v) is 2.99. The number of aryl methyl sites for hydroxylation is 1. The van der Waals surface area contributed by atoms with Gasteiger partial charge in [-0.2, -0.15) is 0 Å². The highest BCUT2D eigenvalue weighted by molar-refractivity contribution is 6.04. The molecule has 4 rings (SSSR count). The number of benzene rings is 2. The Hall–Kier alpha value is -4.46. The van der Waals surface area contributed by atoms with Gasteiger partial charge >= 0.3 is 0 Å². The molecule has 0 aliphatic rings. The zero-order chi connectivity index (χ0) is 22.3. The van der Waals surface area contributed by atoms with Crippen LogP contribution in [0.3, 0.4) is 0 Å². The van der Waals surface area contributed by atoms with Gasteiger partial charge in [0.15, 0.2) is 0 Å². The van der Waals surface area contributed by atoms with Crippen LogP contribution in [0.25, 0.3) is 0 Å². The summed E-state index contributed by atoms with van der Waals surface area (Å²) in [6, 6.07) is 21.8. The van der Waals surface area contributed by atoms with Crippen LogP contribution in [0.2, 0.25) is 0 Å². The second-order valence-corrected chi connectivity index (χ2v) is 6.91. The number of ether oxygens (including phenoxy) is 1. The van der Waals surface area contributed by atoms with Gasteiger partial charge in [0.1, 0.15) is 29.0 Å². The van der Waals surface area contributed by atoms with Crippen molar-refractivity contribution in [3.63, 3.8) is 0 Å². The van der Waals surface area contributed by atoms with Crippen LogP contribution in [-0.2, 0) is 0 Å². The Morgan fingerprint density at radius 1 is 0.812 bits per heavy atom. The second kappa shape index (κ2) is 9.57. The van der Waals surface area contributed by atoms with Crippen LogP contribution in [0.4, 0.5) is 28.8 Å². The van der Waals surface area contributed by atoms with Gasteiger partial charge in [-0.05, 0) is 67.6 Å². The zero-order valence-electron chi connectivity index (χ0n) is 17.7. The van der Waals surface area contributed by atoms with Crippen LogP contribution in [0.5, 0.6) is 5.75 Å². The van der Waals surface area contributed by atoms with Crippen molar-refractivity contribution >= 4 is 34.7 Å². The SMILES string of the molecule is COc1ccc(C(=O)Nc2ccc(Nc3cc(Nc4ccccn4)nc(C)n3)cc2)cc1. The van der Waals surface area contributed by atoms with E-state index in [1.54, 1.807) is 43.6 Å². The van der Waals surface area contributed by atoms with Crippen LogP contribution in [0.15, 0.2) is 79.0 Å². The van der Waals surface area contributed by atoms with Gasteiger partial charge in [0, 0.05) is 29.2 Å². The monoisotopic (exact) mass is 426 g/mol. The molecule has 0 fully saturated rings. The van der Waals surface area contributed by atoms with Crippen molar-refractivity contribution in [2.45, 2.75) is 6.92 Å². The maximum absolute atomic E-state index is 12.4. The van der Waals surface area contributed by atoms with Crippen molar-refractivity contribution in [2.24, 2.45) is 0 Å². The number of pyridine rings is 1. The number of nitrogens with zero attached hydrogens (tertiary/aromatic N) is 3. The molecule has 0 saturated carbocycles. The summed E-state index contributed by atoms with van der Waals surface area (Å²) in [7, 11) is 1.59. The van der Waals surface area contributed by atoms with Crippen molar-refractivity contribution in [3.8, 4) is 5.75 Å². The summed E-state index contributed by atoms with van der Waals surface area (Å²) in [5, 5.41) is 9.31. The molecule has 8 nitrogen and oxygen atoms in total. The normalized spacial score (nSPS) is 10.3. The van der Waals surface area contributed by atoms with Gasteiger partial charge in [0.25, 0.3) is 5.91 Å². The molecule has 2 heterocycles. The van der Waals surface area contributed by atoms with Gasteiger partial charge in [-0.1, -0.05) is 6.07 Å². The highest BCUT2D eigenvalue weighted by Gasteiger charge is 2.07. The molecule has 0 bridgehead atoms. The second-order valence-electron chi connectivity index (χ2n) is 6.91. The minimum Gasteiger partial charge on any atom is -0.497 e. The lowest BCUT2D eigenvalue weighted by molar-refractivity contribution is 0.102. The van der Waals surface area contributed by atoms with Gasteiger partial charge in [0.2, 0.25) is 0 Å². The summed E-state index contributed by atoms with van der Waals surface area (Å²) in [4.78, 5) is 25.5. The minimum atomic E-state index is -0.190. The number of carbonyl (C=O) groups is 1. The molecule has 2 aromatic heterocycles. The molecule has 2 aromatic carbocycles. The van der Waals surface area contributed by atoms with Crippen molar-refractivity contribution in [1.29, 1.82) is 0 Å². The summed E-state index contributed by atoms with van der Waals surface area (Å²) >= 11 is 0. The number of hydrogen-bond donors (Lipinski definition) is 3. The third kappa shape index (κ3) is 5.37. The van der Waals surface area contributed by atoms with E-state index in [1.165, 1.54) is 0 Å². The van der Waals surface area contributed by atoms with E-state index < -0.39 is 0 Å². The molecule has 0 aliphatic heterocycles. The summed E-state index contributed by atoms with van der Waals surface area (Å²) < 4.78 is 5.12. The van der Waals surface area contributed by atoms with Crippen LogP contribution in [0.1, 0.15) is 16.2 Å². The average Bonchev–Trinajstić information content (AvgIpc) is 2.81. The third-order valence-electron chi connectivity index (χ3n) is 4.53. The summed E-state index contributed by atoms with van der Waals surface area (Å²) in [6.45, 7) is 1.83. The number of carbonyl (C=O) groups excluding carboxylic acids is 1. The molecule has 8 heteroatoms.